The van der Waals surface area contributed by atoms with Crippen molar-refractivity contribution in [3.05, 3.63) is 52.5 Å². The molecule has 1 N–H and O–H groups in total. The van der Waals surface area contributed by atoms with E-state index in [1.54, 1.807) is 23.7 Å². The summed E-state index contributed by atoms with van der Waals surface area (Å²) in [7, 11) is 0. The van der Waals surface area contributed by atoms with Gasteiger partial charge in [0.2, 0.25) is 0 Å². The number of hydrogen-bond donors (Lipinski definition) is 1. The smallest absolute Gasteiger partial charge is 0.0621 e. The van der Waals surface area contributed by atoms with E-state index in [-0.39, 0.29) is 6.10 Å². The van der Waals surface area contributed by atoms with Gasteiger partial charge < -0.3 is 5.11 Å². The van der Waals surface area contributed by atoms with E-state index >= 15 is 0 Å². The summed E-state index contributed by atoms with van der Waals surface area (Å²) in [5.41, 5.74) is 2.29. The lowest BCUT2D eigenvalue weighted by atomic mass is 10.0. The van der Waals surface area contributed by atoms with Crippen molar-refractivity contribution >= 4 is 11.3 Å². The Kier molecular flexibility index (Phi) is 3.48. The zero-order valence-corrected chi connectivity index (χ0v) is 9.15. The second-order valence-electron chi connectivity index (χ2n) is 3.55. The Morgan fingerprint density at radius 1 is 1.27 bits per heavy atom. The average molecular weight is 219 g/mol. The molecule has 1 atom stereocenters. The zero-order chi connectivity index (χ0) is 10.5. The maximum atomic E-state index is 9.85. The molecule has 0 amide bonds. The van der Waals surface area contributed by atoms with Crippen molar-refractivity contribution < 1.29 is 5.11 Å². The largest absolute Gasteiger partial charge is 0.392 e. The van der Waals surface area contributed by atoms with Crippen molar-refractivity contribution in [1.82, 2.24) is 4.98 Å². The minimum absolute atomic E-state index is 0.316. The molecule has 0 spiro atoms. The van der Waals surface area contributed by atoms with Crippen LogP contribution in [-0.4, -0.2) is 16.2 Å². The number of hydrogen-bond acceptors (Lipinski definition) is 3. The molecule has 0 aliphatic carbocycles. The van der Waals surface area contributed by atoms with Crippen LogP contribution in [0, 0.1) is 0 Å². The van der Waals surface area contributed by atoms with E-state index in [1.807, 2.05) is 17.5 Å². The first-order chi connectivity index (χ1) is 7.34. The third kappa shape index (κ3) is 3.15. The van der Waals surface area contributed by atoms with Crippen LogP contribution in [0.5, 0.6) is 0 Å². The van der Waals surface area contributed by atoms with Gasteiger partial charge in [0, 0.05) is 18.8 Å². The summed E-state index contributed by atoms with van der Waals surface area (Å²) in [6.07, 6.45) is 4.62. The summed E-state index contributed by atoms with van der Waals surface area (Å²) >= 11 is 1.66. The van der Waals surface area contributed by atoms with Gasteiger partial charge >= 0.3 is 0 Å². The summed E-state index contributed by atoms with van der Waals surface area (Å²) in [6.45, 7) is 0. The normalized spacial score (nSPS) is 12.6. The van der Waals surface area contributed by atoms with E-state index in [0.29, 0.717) is 6.42 Å². The van der Waals surface area contributed by atoms with Gasteiger partial charge in [0.1, 0.15) is 0 Å². The second-order valence-corrected chi connectivity index (χ2v) is 4.33. The highest BCUT2D eigenvalue weighted by molar-refractivity contribution is 7.07. The van der Waals surface area contributed by atoms with Gasteiger partial charge in [0.15, 0.2) is 0 Å². The molecule has 0 saturated heterocycles. The molecule has 0 aromatic carbocycles. The third-order valence-corrected chi connectivity index (χ3v) is 2.98. The summed E-state index contributed by atoms with van der Waals surface area (Å²) < 4.78 is 0. The Bertz CT molecular complexity index is 385. The molecule has 2 rings (SSSR count). The van der Waals surface area contributed by atoms with Crippen LogP contribution >= 0.6 is 11.3 Å². The van der Waals surface area contributed by atoms with Gasteiger partial charge in [-0.1, -0.05) is 6.07 Å². The van der Waals surface area contributed by atoms with Crippen LogP contribution in [0.2, 0.25) is 0 Å². The van der Waals surface area contributed by atoms with Crippen LogP contribution in [0.3, 0.4) is 0 Å². The van der Waals surface area contributed by atoms with E-state index in [2.05, 4.69) is 16.4 Å². The minimum Gasteiger partial charge on any atom is -0.392 e. The van der Waals surface area contributed by atoms with E-state index in [9.17, 15) is 5.11 Å². The van der Waals surface area contributed by atoms with E-state index in [0.717, 1.165) is 12.0 Å². The maximum Gasteiger partial charge on any atom is 0.0621 e. The molecular formula is C12H13NOS. The first-order valence-corrected chi connectivity index (χ1v) is 5.87. The predicted molar refractivity (Wildman–Crippen MR) is 62.0 cm³/mol. The van der Waals surface area contributed by atoms with Crippen molar-refractivity contribution in [1.29, 1.82) is 0 Å². The van der Waals surface area contributed by atoms with Gasteiger partial charge in [-0.05, 0) is 40.4 Å². The number of aromatic nitrogens is 1. The summed E-state index contributed by atoms with van der Waals surface area (Å²) in [5, 5.41) is 14.0. The lowest BCUT2D eigenvalue weighted by molar-refractivity contribution is 0.175. The highest BCUT2D eigenvalue weighted by Crippen LogP contribution is 2.11. The lowest BCUT2D eigenvalue weighted by Crippen LogP contribution is -2.13. The molecule has 2 heterocycles. The molecule has 0 saturated carbocycles. The summed E-state index contributed by atoms with van der Waals surface area (Å²) in [5.74, 6) is 0. The fourth-order valence-corrected chi connectivity index (χ4v) is 2.23. The topological polar surface area (TPSA) is 33.1 Å². The molecule has 2 aromatic rings. The number of rotatable bonds is 4. The van der Waals surface area contributed by atoms with E-state index in [1.165, 1.54) is 5.56 Å². The number of pyridine rings is 1. The fraction of sp³-hybridized carbons (Fsp3) is 0.250. The third-order valence-electron chi connectivity index (χ3n) is 2.25. The zero-order valence-electron chi connectivity index (χ0n) is 8.34. The van der Waals surface area contributed by atoms with Crippen molar-refractivity contribution in [3.8, 4) is 0 Å². The predicted octanol–water partition coefficient (Wildman–Crippen LogP) is 2.29. The Morgan fingerprint density at radius 2 is 2.13 bits per heavy atom. The molecule has 1 unspecified atom stereocenters. The molecular weight excluding hydrogens is 206 g/mol. The highest BCUT2D eigenvalue weighted by atomic mass is 32.1. The van der Waals surface area contributed by atoms with Gasteiger partial charge in [-0.2, -0.15) is 11.3 Å². The van der Waals surface area contributed by atoms with Crippen LogP contribution in [0.4, 0.5) is 0 Å². The minimum atomic E-state index is -0.316. The molecule has 0 aliphatic rings. The Hall–Kier alpha value is -1.19. The van der Waals surface area contributed by atoms with E-state index < -0.39 is 0 Å². The van der Waals surface area contributed by atoms with E-state index in [4.69, 9.17) is 0 Å². The van der Waals surface area contributed by atoms with Crippen LogP contribution < -0.4 is 0 Å². The average Bonchev–Trinajstić information content (AvgIpc) is 2.71. The van der Waals surface area contributed by atoms with Crippen molar-refractivity contribution in [2.45, 2.75) is 18.9 Å². The molecule has 0 radical (unpaired) electrons. The van der Waals surface area contributed by atoms with Crippen molar-refractivity contribution in [3.63, 3.8) is 0 Å². The molecule has 0 fully saturated rings. The Morgan fingerprint density at radius 3 is 2.80 bits per heavy atom. The molecule has 2 aromatic heterocycles. The Labute approximate surface area is 93.2 Å². The van der Waals surface area contributed by atoms with Crippen LogP contribution in [0.1, 0.15) is 11.1 Å². The maximum absolute atomic E-state index is 9.85. The highest BCUT2D eigenvalue weighted by Gasteiger charge is 2.06. The number of nitrogens with zero attached hydrogens (tertiary/aromatic N) is 1. The van der Waals surface area contributed by atoms with Crippen LogP contribution in [0.25, 0.3) is 0 Å². The number of thiophene rings is 1. The van der Waals surface area contributed by atoms with Gasteiger partial charge in [0.25, 0.3) is 0 Å². The molecule has 0 aliphatic heterocycles. The van der Waals surface area contributed by atoms with Gasteiger partial charge in [-0.15, -0.1) is 0 Å². The van der Waals surface area contributed by atoms with Crippen molar-refractivity contribution in [2.75, 3.05) is 0 Å². The lowest BCUT2D eigenvalue weighted by Gasteiger charge is -2.08. The van der Waals surface area contributed by atoms with Crippen LogP contribution in [-0.2, 0) is 12.8 Å². The molecule has 0 bridgehead atoms. The van der Waals surface area contributed by atoms with Crippen molar-refractivity contribution in [2.24, 2.45) is 0 Å². The monoisotopic (exact) mass is 219 g/mol. The SMILES string of the molecule is OC(Cc1cccnc1)Cc1ccsc1. The Balaban J connectivity index is 1.90. The van der Waals surface area contributed by atoms with Gasteiger partial charge in [-0.25, -0.2) is 0 Å². The number of aliphatic hydroxyl groups excluding tert-OH is 1. The standard InChI is InChI=1S/C12H13NOS/c14-12(7-11-3-5-15-9-11)6-10-2-1-4-13-8-10/h1-5,8-9,12,14H,6-7H2. The summed E-state index contributed by atoms with van der Waals surface area (Å²) in [4.78, 5) is 4.03. The molecule has 78 valence electrons. The van der Waals surface area contributed by atoms with Crippen LogP contribution in [0.15, 0.2) is 41.4 Å². The fourth-order valence-electron chi connectivity index (χ4n) is 1.54. The first kappa shape index (κ1) is 10.3. The van der Waals surface area contributed by atoms with Gasteiger partial charge in [-0.3, -0.25) is 4.98 Å². The molecule has 15 heavy (non-hydrogen) atoms. The number of aliphatic hydroxyl groups is 1. The molecule has 2 nitrogen and oxygen atoms in total. The quantitative estimate of drug-likeness (QED) is 0.856. The molecule has 3 heteroatoms. The second kappa shape index (κ2) is 5.05. The van der Waals surface area contributed by atoms with Gasteiger partial charge in [0.05, 0.1) is 6.10 Å². The summed E-state index contributed by atoms with van der Waals surface area (Å²) in [6, 6.07) is 5.94. The first-order valence-electron chi connectivity index (χ1n) is 4.92.